The van der Waals surface area contributed by atoms with Gasteiger partial charge in [0.05, 0.1) is 11.7 Å². The van der Waals surface area contributed by atoms with Crippen molar-refractivity contribution in [1.29, 1.82) is 0 Å². The van der Waals surface area contributed by atoms with Crippen LogP contribution >= 0.6 is 11.3 Å². The first-order valence-electron chi connectivity index (χ1n) is 5.85. The highest BCUT2D eigenvalue weighted by molar-refractivity contribution is 7.09. The van der Waals surface area contributed by atoms with E-state index in [-0.39, 0.29) is 0 Å². The lowest BCUT2D eigenvalue weighted by Crippen LogP contribution is -2.29. The molecule has 1 aromatic heterocycles. The Morgan fingerprint density at radius 3 is 2.60 bits per heavy atom. The lowest BCUT2D eigenvalue weighted by Gasteiger charge is -2.32. The van der Waals surface area contributed by atoms with Gasteiger partial charge in [-0.2, -0.15) is 0 Å². The predicted molar refractivity (Wildman–Crippen MR) is 65.3 cm³/mol. The molecule has 0 aliphatic heterocycles. The molecule has 15 heavy (non-hydrogen) atoms. The van der Waals surface area contributed by atoms with Crippen LogP contribution in [0.15, 0.2) is 5.38 Å². The fraction of sp³-hybridized carbons (Fsp3) is 0.750. The van der Waals surface area contributed by atoms with Crippen LogP contribution in [0.5, 0.6) is 0 Å². The molecule has 0 radical (unpaired) electrons. The second-order valence-corrected chi connectivity index (χ2v) is 5.61. The van der Waals surface area contributed by atoms with Crippen LogP contribution in [-0.4, -0.2) is 12.0 Å². The third-order valence-electron chi connectivity index (χ3n) is 3.33. The van der Waals surface area contributed by atoms with Crippen LogP contribution in [0.2, 0.25) is 0 Å². The Kier molecular flexibility index (Phi) is 3.42. The van der Waals surface area contributed by atoms with E-state index in [0.29, 0.717) is 12.0 Å². The number of rotatable bonds is 4. The molecule has 3 heteroatoms. The minimum atomic E-state index is 0.497. The summed E-state index contributed by atoms with van der Waals surface area (Å²) in [5.41, 5.74) is 1.24. The van der Waals surface area contributed by atoms with Gasteiger partial charge < -0.3 is 5.32 Å². The maximum Gasteiger partial charge on any atom is 0.110 e. The van der Waals surface area contributed by atoms with Gasteiger partial charge in [0, 0.05) is 5.38 Å². The van der Waals surface area contributed by atoms with Crippen LogP contribution in [0.25, 0.3) is 0 Å². The van der Waals surface area contributed by atoms with E-state index < -0.39 is 0 Å². The van der Waals surface area contributed by atoms with Gasteiger partial charge in [-0.3, -0.25) is 0 Å². The summed E-state index contributed by atoms with van der Waals surface area (Å²) in [7, 11) is 2.05. The predicted octanol–water partition coefficient (Wildman–Crippen LogP) is 3.33. The number of nitrogens with zero attached hydrogens (tertiary/aromatic N) is 1. The van der Waals surface area contributed by atoms with E-state index in [2.05, 4.69) is 31.6 Å². The van der Waals surface area contributed by atoms with Gasteiger partial charge in [-0.1, -0.05) is 20.3 Å². The summed E-state index contributed by atoms with van der Waals surface area (Å²) in [5, 5.41) is 6.92. The topological polar surface area (TPSA) is 24.9 Å². The van der Waals surface area contributed by atoms with E-state index in [1.807, 2.05) is 11.3 Å². The minimum Gasteiger partial charge on any atom is -0.311 e. The molecule has 0 spiro atoms. The molecule has 1 aliphatic carbocycles. The first-order chi connectivity index (χ1) is 7.22. The van der Waals surface area contributed by atoms with Gasteiger partial charge in [0.25, 0.3) is 0 Å². The smallest absolute Gasteiger partial charge is 0.110 e. The van der Waals surface area contributed by atoms with Crippen molar-refractivity contribution in [2.24, 2.45) is 5.92 Å². The molecule has 0 saturated heterocycles. The Morgan fingerprint density at radius 1 is 1.47 bits per heavy atom. The molecule has 1 N–H and O–H groups in total. The number of aromatic nitrogens is 1. The molecule has 0 amide bonds. The highest BCUT2D eigenvalue weighted by atomic mass is 32.1. The van der Waals surface area contributed by atoms with E-state index in [9.17, 15) is 0 Å². The Morgan fingerprint density at radius 2 is 2.20 bits per heavy atom. The van der Waals surface area contributed by atoms with Crippen molar-refractivity contribution in [2.75, 3.05) is 7.05 Å². The number of hydrogen-bond acceptors (Lipinski definition) is 3. The van der Waals surface area contributed by atoms with Crippen molar-refractivity contribution in [3.63, 3.8) is 0 Å². The Labute approximate surface area is 96.1 Å². The zero-order valence-electron chi connectivity index (χ0n) is 9.79. The van der Waals surface area contributed by atoms with Gasteiger partial charge in [-0.25, -0.2) is 4.98 Å². The SMILES string of the molecule is CNC(c1nc(C(C)C)cs1)C1CCC1. The summed E-state index contributed by atoms with van der Waals surface area (Å²) in [4.78, 5) is 4.74. The molecular formula is C12H20N2S. The highest BCUT2D eigenvalue weighted by Crippen LogP contribution is 2.38. The third kappa shape index (κ3) is 2.23. The first kappa shape index (κ1) is 11.1. The van der Waals surface area contributed by atoms with Crippen molar-refractivity contribution in [1.82, 2.24) is 10.3 Å². The van der Waals surface area contributed by atoms with Crippen LogP contribution in [0.4, 0.5) is 0 Å². The normalized spacial score (nSPS) is 19.2. The molecule has 84 valence electrons. The number of nitrogens with one attached hydrogen (secondary N) is 1. The Balaban J connectivity index is 2.11. The molecule has 1 aliphatic rings. The molecule has 0 bridgehead atoms. The average molecular weight is 224 g/mol. The van der Waals surface area contributed by atoms with Gasteiger partial charge in [0.1, 0.15) is 5.01 Å². The molecule has 1 fully saturated rings. The molecule has 1 saturated carbocycles. The standard InChI is InChI=1S/C12H20N2S/c1-8(2)10-7-15-12(14-10)11(13-3)9-5-4-6-9/h7-9,11,13H,4-6H2,1-3H3. The molecule has 1 heterocycles. The lowest BCUT2D eigenvalue weighted by molar-refractivity contribution is 0.239. The number of thiazole rings is 1. The summed E-state index contributed by atoms with van der Waals surface area (Å²) in [5.74, 6) is 1.37. The van der Waals surface area contributed by atoms with Gasteiger partial charge in [-0.15, -0.1) is 11.3 Å². The molecular weight excluding hydrogens is 204 g/mol. The van der Waals surface area contributed by atoms with Crippen LogP contribution in [-0.2, 0) is 0 Å². The molecule has 1 atom stereocenters. The van der Waals surface area contributed by atoms with Gasteiger partial charge >= 0.3 is 0 Å². The van der Waals surface area contributed by atoms with E-state index in [0.717, 1.165) is 5.92 Å². The average Bonchev–Trinajstić information content (AvgIpc) is 2.59. The highest BCUT2D eigenvalue weighted by Gasteiger charge is 2.29. The van der Waals surface area contributed by atoms with Crippen molar-refractivity contribution in [2.45, 2.75) is 45.1 Å². The second kappa shape index (κ2) is 4.62. The number of hydrogen-bond donors (Lipinski definition) is 1. The zero-order chi connectivity index (χ0) is 10.8. The molecule has 1 aromatic rings. The fourth-order valence-electron chi connectivity index (χ4n) is 2.04. The summed E-state index contributed by atoms with van der Waals surface area (Å²) in [6.45, 7) is 4.41. The van der Waals surface area contributed by atoms with E-state index in [1.54, 1.807) is 0 Å². The van der Waals surface area contributed by atoms with Crippen molar-refractivity contribution < 1.29 is 0 Å². The monoisotopic (exact) mass is 224 g/mol. The minimum absolute atomic E-state index is 0.497. The molecule has 1 unspecified atom stereocenters. The quantitative estimate of drug-likeness (QED) is 0.848. The molecule has 2 rings (SSSR count). The lowest BCUT2D eigenvalue weighted by atomic mass is 9.80. The van der Waals surface area contributed by atoms with Crippen molar-refractivity contribution in [3.8, 4) is 0 Å². The maximum absolute atomic E-state index is 4.74. The largest absolute Gasteiger partial charge is 0.311 e. The fourth-order valence-corrected chi connectivity index (χ4v) is 3.22. The second-order valence-electron chi connectivity index (χ2n) is 4.72. The summed E-state index contributed by atoms with van der Waals surface area (Å²) in [6.07, 6.45) is 4.12. The Bertz CT molecular complexity index is 315. The van der Waals surface area contributed by atoms with Crippen molar-refractivity contribution in [3.05, 3.63) is 16.1 Å². The maximum atomic E-state index is 4.74. The first-order valence-corrected chi connectivity index (χ1v) is 6.73. The van der Waals surface area contributed by atoms with Crippen LogP contribution in [0.1, 0.15) is 55.8 Å². The van der Waals surface area contributed by atoms with Crippen LogP contribution in [0, 0.1) is 5.92 Å². The summed E-state index contributed by atoms with van der Waals surface area (Å²) >= 11 is 1.81. The van der Waals surface area contributed by atoms with E-state index >= 15 is 0 Å². The van der Waals surface area contributed by atoms with Crippen molar-refractivity contribution >= 4 is 11.3 Å². The summed E-state index contributed by atoms with van der Waals surface area (Å²) < 4.78 is 0. The third-order valence-corrected chi connectivity index (χ3v) is 4.28. The molecule has 0 aromatic carbocycles. The van der Waals surface area contributed by atoms with Crippen LogP contribution < -0.4 is 5.32 Å². The Hall–Kier alpha value is -0.410. The van der Waals surface area contributed by atoms with Crippen LogP contribution in [0.3, 0.4) is 0 Å². The van der Waals surface area contributed by atoms with E-state index in [1.165, 1.54) is 30.0 Å². The van der Waals surface area contributed by atoms with Gasteiger partial charge in [-0.05, 0) is 31.7 Å². The zero-order valence-corrected chi connectivity index (χ0v) is 10.6. The van der Waals surface area contributed by atoms with E-state index in [4.69, 9.17) is 4.98 Å². The van der Waals surface area contributed by atoms with Gasteiger partial charge in [0.15, 0.2) is 0 Å². The molecule has 2 nitrogen and oxygen atoms in total. The van der Waals surface area contributed by atoms with Gasteiger partial charge in [0.2, 0.25) is 0 Å². The summed E-state index contributed by atoms with van der Waals surface area (Å²) in [6, 6.07) is 0.497.